The molecule has 0 saturated heterocycles. The highest BCUT2D eigenvalue weighted by molar-refractivity contribution is 5.46. The number of methoxy groups -OCH3 is 1. The van der Waals surface area contributed by atoms with Crippen molar-refractivity contribution in [2.45, 2.75) is 13.8 Å². The first kappa shape index (κ1) is 14.3. The average molecular weight is 248 g/mol. The zero-order chi connectivity index (χ0) is 13.4. The number of hydrogen-bond donors (Lipinski definition) is 0. The molecule has 0 amide bonds. The standard InChI is InChI=1S/C14H20N2O2/c1-4-16(5-2)8-9-18-14-10-12(11-15)6-7-13(14)17-3/h6-7,10H,4-5,8-9H2,1-3H3. The van der Waals surface area contributed by atoms with E-state index in [9.17, 15) is 0 Å². The zero-order valence-electron chi connectivity index (χ0n) is 11.3. The zero-order valence-corrected chi connectivity index (χ0v) is 11.3. The molecule has 1 aromatic carbocycles. The summed E-state index contributed by atoms with van der Waals surface area (Å²) in [4.78, 5) is 2.28. The molecule has 0 aromatic heterocycles. The third-order valence-electron chi connectivity index (χ3n) is 2.85. The average Bonchev–Trinajstić information content (AvgIpc) is 2.43. The summed E-state index contributed by atoms with van der Waals surface area (Å²) in [6.45, 7) is 7.73. The maximum atomic E-state index is 8.86. The van der Waals surface area contributed by atoms with Crippen molar-refractivity contribution in [2.75, 3.05) is 33.4 Å². The van der Waals surface area contributed by atoms with Crippen molar-refractivity contribution in [3.63, 3.8) is 0 Å². The first-order valence-corrected chi connectivity index (χ1v) is 6.18. The lowest BCUT2D eigenvalue weighted by Gasteiger charge is -2.18. The number of ether oxygens (including phenoxy) is 2. The largest absolute Gasteiger partial charge is 0.493 e. The topological polar surface area (TPSA) is 45.5 Å². The molecule has 98 valence electrons. The Bertz CT molecular complexity index is 409. The van der Waals surface area contributed by atoms with Crippen molar-refractivity contribution in [1.29, 1.82) is 5.26 Å². The molecule has 0 bridgehead atoms. The summed E-state index contributed by atoms with van der Waals surface area (Å²) in [6.07, 6.45) is 0. The molecule has 0 N–H and O–H groups in total. The van der Waals surface area contributed by atoms with Crippen molar-refractivity contribution in [3.05, 3.63) is 23.8 Å². The second kappa shape index (κ2) is 7.57. The van der Waals surface area contributed by atoms with E-state index in [1.807, 2.05) is 0 Å². The Morgan fingerprint density at radius 3 is 2.50 bits per heavy atom. The summed E-state index contributed by atoms with van der Waals surface area (Å²) in [6, 6.07) is 7.28. The Morgan fingerprint density at radius 1 is 1.22 bits per heavy atom. The van der Waals surface area contributed by atoms with E-state index in [2.05, 4.69) is 24.8 Å². The van der Waals surface area contributed by atoms with Crippen LogP contribution in [0.5, 0.6) is 11.5 Å². The van der Waals surface area contributed by atoms with Gasteiger partial charge in [-0.15, -0.1) is 0 Å². The monoisotopic (exact) mass is 248 g/mol. The summed E-state index contributed by atoms with van der Waals surface area (Å²) in [5.41, 5.74) is 0.577. The van der Waals surface area contributed by atoms with Gasteiger partial charge in [-0.25, -0.2) is 0 Å². The van der Waals surface area contributed by atoms with Crippen LogP contribution in [-0.2, 0) is 0 Å². The second-order valence-corrected chi connectivity index (χ2v) is 3.85. The van der Waals surface area contributed by atoms with E-state index in [4.69, 9.17) is 14.7 Å². The van der Waals surface area contributed by atoms with Crippen LogP contribution >= 0.6 is 0 Å². The molecule has 0 radical (unpaired) electrons. The van der Waals surface area contributed by atoms with Gasteiger partial charge in [-0.05, 0) is 25.2 Å². The molecule has 0 saturated carbocycles. The molecular formula is C14H20N2O2. The molecular weight excluding hydrogens is 228 g/mol. The molecule has 0 unspecified atom stereocenters. The summed E-state index contributed by atoms with van der Waals surface area (Å²) in [5.74, 6) is 1.29. The van der Waals surface area contributed by atoms with Gasteiger partial charge in [0.15, 0.2) is 11.5 Å². The fraction of sp³-hybridized carbons (Fsp3) is 0.500. The molecule has 4 heteroatoms. The minimum atomic E-state index is 0.577. The smallest absolute Gasteiger partial charge is 0.162 e. The van der Waals surface area contributed by atoms with Gasteiger partial charge in [-0.2, -0.15) is 5.26 Å². The van der Waals surface area contributed by atoms with Crippen LogP contribution < -0.4 is 9.47 Å². The molecule has 1 aromatic rings. The normalized spacial score (nSPS) is 10.2. The van der Waals surface area contributed by atoms with Crippen molar-refractivity contribution in [3.8, 4) is 17.6 Å². The maximum Gasteiger partial charge on any atom is 0.162 e. The van der Waals surface area contributed by atoms with Crippen molar-refractivity contribution in [1.82, 2.24) is 4.90 Å². The van der Waals surface area contributed by atoms with Gasteiger partial charge < -0.3 is 14.4 Å². The Balaban J connectivity index is 2.63. The highest BCUT2D eigenvalue weighted by atomic mass is 16.5. The van der Waals surface area contributed by atoms with Crippen LogP contribution in [0, 0.1) is 11.3 Å². The number of benzene rings is 1. The van der Waals surface area contributed by atoms with Crippen LogP contribution in [0.15, 0.2) is 18.2 Å². The van der Waals surface area contributed by atoms with E-state index >= 15 is 0 Å². The van der Waals surface area contributed by atoms with Crippen molar-refractivity contribution >= 4 is 0 Å². The van der Waals surface area contributed by atoms with Gasteiger partial charge in [0.2, 0.25) is 0 Å². The lowest BCUT2D eigenvalue weighted by Crippen LogP contribution is -2.27. The first-order valence-electron chi connectivity index (χ1n) is 6.18. The molecule has 0 atom stereocenters. The number of hydrogen-bond acceptors (Lipinski definition) is 4. The third-order valence-corrected chi connectivity index (χ3v) is 2.85. The van der Waals surface area contributed by atoms with Gasteiger partial charge >= 0.3 is 0 Å². The van der Waals surface area contributed by atoms with Crippen molar-refractivity contribution < 1.29 is 9.47 Å². The number of nitriles is 1. The van der Waals surface area contributed by atoms with Crippen LogP contribution in [-0.4, -0.2) is 38.3 Å². The van der Waals surface area contributed by atoms with E-state index in [-0.39, 0.29) is 0 Å². The first-order chi connectivity index (χ1) is 8.74. The summed E-state index contributed by atoms with van der Waals surface area (Å²) in [5, 5.41) is 8.86. The fourth-order valence-electron chi connectivity index (χ4n) is 1.68. The van der Waals surface area contributed by atoms with E-state index in [0.717, 1.165) is 19.6 Å². The van der Waals surface area contributed by atoms with Crippen LogP contribution in [0.4, 0.5) is 0 Å². The molecule has 0 aliphatic heterocycles. The third kappa shape index (κ3) is 3.94. The van der Waals surface area contributed by atoms with Crippen LogP contribution in [0.3, 0.4) is 0 Å². The highest BCUT2D eigenvalue weighted by Gasteiger charge is 2.06. The predicted octanol–water partition coefficient (Wildman–Crippen LogP) is 2.29. The van der Waals surface area contributed by atoms with E-state index in [1.54, 1.807) is 25.3 Å². The van der Waals surface area contributed by atoms with Gasteiger partial charge in [0, 0.05) is 12.6 Å². The van der Waals surface area contributed by atoms with Crippen LogP contribution in [0.25, 0.3) is 0 Å². The Hall–Kier alpha value is -1.73. The fourth-order valence-corrected chi connectivity index (χ4v) is 1.68. The Morgan fingerprint density at radius 2 is 1.94 bits per heavy atom. The van der Waals surface area contributed by atoms with E-state index in [1.165, 1.54) is 0 Å². The van der Waals surface area contributed by atoms with Gasteiger partial charge in [0.1, 0.15) is 6.61 Å². The number of rotatable bonds is 7. The maximum absolute atomic E-state index is 8.86. The molecule has 0 spiro atoms. The number of likely N-dealkylation sites (N-methyl/N-ethyl adjacent to an activating group) is 1. The molecule has 18 heavy (non-hydrogen) atoms. The molecule has 4 nitrogen and oxygen atoms in total. The lowest BCUT2D eigenvalue weighted by atomic mass is 10.2. The molecule has 0 aliphatic carbocycles. The second-order valence-electron chi connectivity index (χ2n) is 3.85. The minimum Gasteiger partial charge on any atom is -0.493 e. The summed E-state index contributed by atoms with van der Waals surface area (Å²) >= 11 is 0. The molecule has 1 rings (SSSR count). The van der Waals surface area contributed by atoms with Gasteiger partial charge in [0.05, 0.1) is 18.7 Å². The van der Waals surface area contributed by atoms with Crippen molar-refractivity contribution in [2.24, 2.45) is 0 Å². The van der Waals surface area contributed by atoms with Crippen LogP contribution in [0.1, 0.15) is 19.4 Å². The molecule has 0 aliphatic rings. The highest BCUT2D eigenvalue weighted by Crippen LogP contribution is 2.27. The van der Waals surface area contributed by atoms with Gasteiger partial charge in [-0.1, -0.05) is 13.8 Å². The van der Waals surface area contributed by atoms with E-state index < -0.39 is 0 Å². The van der Waals surface area contributed by atoms with E-state index in [0.29, 0.717) is 23.7 Å². The number of nitrogens with zero attached hydrogens (tertiary/aromatic N) is 2. The Kier molecular flexibility index (Phi) is 6.03. The minimum absolute atomic E-state index is 0.577. The SMILES string of the molecule is CCN(CC)CCOc1cc(C#N)ccc1OC. The quantitative estimate of drug-likeness (QED) is 0.742. The summed E-state index contributed by atoms with van der Waals surface area (Å²) < 4.78 is 10.9. The lowest BCUT2D eigenvalue weighted by molar-refractivity contribution is 0.217. The summed E-state index contributed by atoms with van der Waals surface area (Å²) in [7, 11) is 1.60. The Labute approximate surface area is 109 Å². The van der Waals surface area contributed by atoms with Gasteiger partial charge in [-0.3, -0.25) is 0 Å². The predicted molar refractivity (Wildman–Crippen MR) is 71.0 cm³/mol. The molecule has 0 heterocycles. The van der Waals surface area contributed by atoms with Gasteiger partial charge in [0.25, 0.3) is 0 Å². The molecule has 0 fully saturated rings. The van der Waals surface area contributed by atoms with Crippen LogP contribution in [0.2, 0.25) is 0 Å².